The summed E-state index contributed by atoms with van der Waals surface area (Å²) >= 11 is 0. The summed E-state index contributed by atoms with van der Waals surface area (Å²) in [7, 11) is 1.51. The zero-order valence-corrected chi connectivity index (χ0v) is 10.8. The fourth-order valence-corrected chi connectivity index (χ4v) is 1.54. The quantitative estimate of drug-likeness (QED) is 0.769. The van der Waals surface area contributed by atoms with Crippen LogP contribution in [0.25, 0.3) is 0 Å². The highest BCUT2D eigenvalue weighted by molar-refractivity contribution is 5.19. The van der Waals surface area contributed by atoms with Gasteiger partial charge in [-0.05, 0) is 19.1 Å². The molecule has 0 fully saturated rings. The van der Waals surface area contributed by atoms with Crippen molar-refractivity contribution in [3.8, 4) is 5.75 Å². The molecule has 2 aromatic rings. The molecule has 0 aliphatic carbocycles. The van der Waals surface area contributed by atoms with Crippen LogP contribution >= 0.6 is 0 Å². The Labute approximate surface area is 109 Å². The van der Waals surface area contributed by atoms with Crippen molar-refractivity contribution < 1.29 is 13.9 Å². The van der Waals surface area contributed by atoms with Crippen molar-refractivity contribution in [1.29, 1.82) is 0 Å². The zero-order chi connectivity index (χ0) is 13.7. The number of aromatic nitrogens is 3. The molecule has 0 saturated heterocycles. The van der Waals surface area contributed by atoms with E-state index in [1.54, 1.807) is 18.3 Å². The van der Waals surface area contributed by atoms with E-state index >= 15 is 0 Å². The third-order valence-corrected chi connectivity index (χ3v) is 2.34. The summed E-state index contributed by atoms with van der Waals surface area (Å²) in [4.78, 5) is 15.7. The van der Waals surface area contributed by atoms with Gasteiger partial charge in [-0.25, -0.2) is 4.79 Å². The largest absolute Gasteiger partial charge is 0.492 e. The molecule has 2 heterocycles. The SMILES string of the molecule is CCOc1ccc(Cn2nc(COC)oc2=O)nc1. The van der Waals surface area contributed by atoms with Crippen LogP contribution in [0.15, 0.2) is 27.5 Å². The molecule has 0 aromatic carbocycles. The van der Waals surface area contributed by atoms with Crippen LogP contribution in [-0.4, -0.2) is 28.5 Å². The lowest BCUT2D eigenvalue weighted by Crippen LogP contribution is -2.17. The molecule has 7 nitrogen and oxygen atoms in total. The van der Waals surface area contributed by atoms with Gasteiger partial charge in [0.15, 0.2) is 0 Å². The van der Waals surface area contributed by atoms with E-state index < -0.39 is 5.76 Å². The second-order valence-corrected chi connectivity index (χ2v) is 3.77. The lowest BCUT2D eigenvalue weighted by molar-refractivity contribution is 0.158. The highest BCUT2D eigenvalue weighted by Gasteiger charge is 2.08. The predicted molar refractivity (Wildman–Crippen MR) is 66.0 cm³/mol. The van der Waals surface area contributed by atoms with Crippen molar-refractivity contribution in [2.45, 2.75) is 20.1 Å². The van der Waals surface area contributed by atoms with Crippen molar-refractivity contribution in [3.05, 3.63) is 40.5 Å². The number of rotatable bonds is 6. The van der Waals surface area contributed by atoms with Crippen LogP contribution < -0.4 is 10.5 Å². The molecule has 0 radical (unpaired) electrons. The van der Waals surface area contributed by atoms with Crippen LogP contribution in [0.2, 0.25) is 0 Å². The van der Waals surface area contributed by atoms with Gasteiger partial charge in [0.2, 0.25) is 5.89 Å². The van der Waals surface area contributed by atoms with E-state index in [4.69, 9.17) is 13.9 Å². The lowest BCUT2D eigenvalue weighted by atomic mass is 10.3. The molecule has 0 N–H and O–H groups in total. The topological polar surface area (TPSA) is 79.4 Å². The van der Waals surface area contributed by atoms with Gasteiger partial charge in [-0.2, -0.15) is 4.68 Å². The second kappa shape index (κ2) is 6.14. The van der Waals surface area contributed by atoms with E-state index in [0.717, 1.165) is 0 Å². The van der Waals surface area contributed by atoms with E-state index in [0.29, 0.717) is 18.1 Å². The van der Waals surface area contributed by atoms with E-state index in [2.05, 4.69) is 10.1 Å². The molecular weight excluding hydrogens is 250 g/mol. The van der Waals surface area contributed by atoms with Gasteiger partial charge < -0.3 is 13.9 Å². The number of ether oxygens (including phenoxy) is 2. The Balaban J connectivity index is 2.10. The van der Waals surface area contributed by atoms with Crippen molar-refractivity contribution in [1.82, 2.24) is 14.8 Å². The molecule has 0 amide bonds. The molecule has 0 unspecified atom stereocenters. The van der Waals surface area contributed by atoms with E-state index in [1.807, 2.05) is 6.92 Å². The Bertz CT molecular complexity index is 573. The van der Waals surface area contributed by atoms with Crippen molar-refractivity contribution in [3.63, 3.8) is 0 Å². The third-order valence-electron chi connectivity index (χ3n) is 2.34. The normalized spacial score (nSPS) is 10.6. The van der Waals surface area contributed by atoms with Gasteiger partial charge in [0.1, 0.15) is 12.4 Å². The summed E-state index contributed by atoms with van der Waals surface area (Å²) < 4.78 is 16.3. The second-order valence-electron chi connectivity index (χ2n) is 3.77. The molecule has 0 saturated carbocycles. The molecule has 19 heavy (non-hydrogen) atoms. The summed E-state index contributed by atoms with van der Waals surface area (Å²) in [6, 6.07) is 3.58. The monoisotopic (exact) mass is 265 g/mol. The molecule has 2 rings (SSSR count). The Kier molecular flexibility index (Phi) is 4.30. The average molecular weight is 265 g/mol. The van der Waals surface area contributed by atoms with E-state index in [9.17, 15) is 4.79 Å². The molecule has 2 aromatic heterocycles. The first-order chi connectivity index (χ1) is 9.22. The number of methoxy groups -OCH3 is 1. The number of nitrogens with zero attached hydrogens (tertiary/aromatic N) is 3. The smallest absolute Gasteiger partial charge is 0.437 e. The minimum Gasteiger partial charge on any atom is -0.492 e. The van der Waals surface area contributed by atoms with Crippen LogP contribution in [0, 0.1) is 0 Å². The van der Waals surface area contributed by atoms with Crippen LogP contribution in [-0.2, 0) is 17.9 Å². The molecule has 7 heteroatoms. The minimum atomic E-state index is -0.525. The Morgan fingerprint density at radius 2 is 2.26 bits per heavy atom. The van der Waals surface area contributed by atoms with E-state index in [1.165, 1.54) is 11.8 Å². The summed E-state index contributed by atoms with van der Waals surface area (Å²) in [5.41, 5.74) is 0.697. The Morgan fingerprint density at radius 3 is 2.89 bits per heavy atom. The first-order valence-corrected chi connectivity index (χ1v) is 5.86. The van der Waals surface area contributed by atoms with Gasteiger partial charge in [0.05, 0.1) is 25.0 Å². The maximum absolute atomic E-state index is 11.5. The van der Waals surface area contributed by atoms with Crippen LogP contribution in [0.3, 0.4) is 0 Å². The van der Waals surface area contributed by atoms with Gasteiger partial charge in [0, 0.05) is 7.11 Å². The molecule has 0 aliphatic heterocycles. The van der Waals surface area contributed by atoms with Gasteiger partial charge in [-0.1, -0.05) is 0 Å². The van der Waals surface area contributed by atoms with Gasteiger partial charge >= 0.3 is 5.76 Å². The molecule has 0 aliphatic rings. The third kappa shape index (κ3) is 3.41. The lowest BCUT2D eigenvalue weighted by Gasteiger charge is -2.03. The van der Waals surface area contributed by atoms with Gasteiger partial charge in [0.25, 0.3) is 0 Å². The summed E-state index contributed by atoms with van der Waals surface area (Å²) in [5, 5.41) is 3.99. The maximum atomic E-state index is 11.5. The van der Waals surface area contributed by atoms with E-state index in [-0.39, 0.29) is 19.0 Å². The summed E-state index contributed by atoms with van der Waals surface area (Å²) in [6.45, 7) is 2.90. The fraction of sp³-hybridized carbons (Fsp3) is 0.417. The van der Waals surface area contributed by atoms with Crippen LogP contribution in [0.4, 0.5) is 0 Å². The molecular formula is C12H15N3O4. The van der Waals surface area contributed by atoms with Crippen molar-refractivity contribution in [2.75, 3.05) is 13.7 Å². The zero-order valence-electron chi connectivity index (χ0n) is 10.8. The predicted octanol–water partition coefficient (Wildman–Crippen LogP) is 0.825. The summed E-state index contributed by atoms with van der Waals surface area (Å²) in [6.07, 6.45) is 1.61. The first kappa shape index (κ1) is 13.3. The molecule has 102 valence electrons. The minimum absolute atomic E-state index is 0.166. The Morgan fingerprint density at radius 1 is 1.42 bits per heavy atom. The number of hydrogen-bond acceptors (Lipinski definition) is 6. The highest BCUT2D eigenvalue weighted by Crippen LogP contribution is 2.09. The maximum Gasteiger partial charge on any atom is 0.437 e. The van der Waals surface area contributed by atoms with Crippen LogP contribution in [0.1, 0.15) is 18.5 Å². The Hall–Kier alpha value is -2.15. The van der Waals surface area contributed by atoms with Crippen LogP contribution in [0.5, 0.6) is 5.75 Å². The number of hydrogen-bond donors (Lipinski definition) is 0. The van der Waals surface area contributed by atoms with Crippen molar-refractivity contribution >= 4 is 0 Å². The molecule has 0 bridgehead atoms. The molecule has 0 spiro atoms. The van der Waals surface area contributed by atoms with Gasteiger partial charge in [-0.3, -0.25) is 4.98 Å². The van der Waals surface area contributed by atoms with Crippen molar-refractivity contribution in [2.24, 2.45) is 0 Å². The average Bonchev–Trinajstić information content (AvgIpc) is 2.73. The molecule has 0 atom stereocenters. The first-order valence-electron chi connectivity index (χ1n) is 5.86. The number of pyridine rings is 1. The highest BCUT2D eigenvalue weighted by atomic mass is 16.5. The standard InChI is InChI=1S/C12H15N3O4/c1-3-18-10-5-4-9(13-6-10)7-15-12(16)19-11(14-15)8-17-2/h4-6H,3,7-8H2,1-2H3. The summed E-state index contributed by atoms with van der Waals surface area (Å²) in [5.74, 6) is 0.417. The fourth-order valence-electron chi connectivity index (χ4n) is 1.54. The van der Waals surface area contributed by atoms with Gasteiger partial charge in [-0.15, -0.1) is 5.10 Å².